The quantitative estimate of drug-likeness (QED) is 0.843. The van der Waals surface area contributed by atoms with Gasteiger partial charge in [0.05, 0.1) is 15.7 Å². The Balaban J connectivity index is 2.14. The van der Waals surface area contributed by atoms with Crippen LogP contribution in [0.25, 0.3) is 0 Å². The van der Waals surface area contributed by atoms with Crippen molar-refractivity contribution in [3.8, 4) is 0 Å². The number of aryl methyl sites for hydroxylation is 2. The lowest BCUT2D eigenvalue weighted by Gasteiger charge is -2.15. The normalized spacial score (nSPS) is 12.6. The van der Waals surface area contributed by atoms with E-state index in [0.717, 1.165) is 33.6 Å². The van der Waals surface area contributed by atoms with Gasteiger partial charge in [-0.1, -0.05) is 36.4 Å². The summed E-state index contributed by atoms with van der Waals surface area (Å²) in [5.41, 5.74) is 2.24. The van der Waals surface area contributed by atoms with Gasteiger partial charge in [-0.15, -0.1) is 0 Å². The molecule has 0 saturated carbocycles. The molecule has 1 atom stereocenters. The minimum Gasteiger partial charge on any atom is -0.310 e. The van der Waals surface area contributed by atoms with Crippen molar-refractivity contribution in [1.29, 1.82) is 0 Å². The largest absolute Gasteiger partial charge is 0.310 e. The zero-order valence-electron chi connectivity index (χ0n) is 13.0. The third kappa shape index (κ3) is 4.25. The molecule has 3 nitrogen and oxygen atoms in total. The number of benzene rings is 1. The molecule has 2 aromatic rings. The molecule has 0 spiro atoms. The third-order valence-electron chi connectivity index (χ3n) is 3.33. The Hall–Kier alpha value is -0.970. The van der Waals surface area contributed by atoms with Gasteiger partial charge in [-0.25, -0.2) is 0 Å². The van der Waals surface area contributed by atoms with Crippen LogP contribution in [0, 0.1) is 6.92 Å². The highest BCUT2D eigenvalue weighted by Gasteiger charge is 2.10. The molecule has 2 rings (SSSR count). The van der Waals surface area contributed by atoms with Crippen LogP contribution in [0.4, 0.5) is 0 Å². The van der Waals surface area contributed by atoms with E-state index < -0.39 is 0 Å². The first-order valence-electron chi connectivity index (χ1n) is 7.22. The van der Waals surface area contributed by atoms with E-state index in [0.29, 0.717) is 6.04 Å². The monoisotopic (exact) mass is 323 g/mol. The van der Waals surface area contributed by atoms with Gasteiger partial charge in [0.1, 0.15) is 0 Å². The maximum absolute atomic E-state index is 6.44. The van der Waals surface area contributed by atoms with Crippen LogP contribution < -0.4 is 5.32 Å². The molecule has 0 aliphatic rings. The number of rotatable bonds is 6. The van der Waals surface area contributed by atoms with E-state index in [1.165, 1.54) is 5.56 Å². The number of nitrogens with zero attached hydrogens (tertiary/aromatic N) is 2. The number of hydrogen-bond acceptors (Lipinski definition) is 3. The van der Waals surface area contributed by atoms with Crippen molar-refractivity contribution < 1.29 is 0 Å². The molecule has 114 valence electrons. The molecule has 0 radical (unpaired) electrons. The zero-order valence-corrected chi connectivity index (χ0v) is 14.6. The lowest BCUT2D eigenvalue weighted by atomic mass is 10.1. The van der Waals surface area contributed by atoms with Crippen molar-refractivity contribution in [3.63, 3.8) is 0 Å². The van der Waals surface area contributed by atoms with Gasteiger partial charge in [0.2, 0.25) is 0 Å². The minimum absolute atomic E-state index is 0.320. The van der Waals surface area contributed by atoms with Crippen LogP contribution in [0.15, 0.2) is 34.2 Å². The molecule has 1 aromatic heterocycles. The van der Waals surface area contributed by atoms with E-state index in [2.05, 4.69) is 48.5 Å². The van der Waals surface area contributed by atoms with Crippen molar-refractivity contribution in [1.82, 2.24) is 15.1 Å². The Bertz CT molecular complexity index is 610. The minimum atomic E-state index is 0.320. The summed E-state index contributed by atoms with van der Waals surface area (Å²) in [5, 5.41) is 9.73. The standard InChI is InChI=1S/C16H22ClN3S/c1-5-8-18-12(3)13-6-7-15(14(17)10-13)21-16-9-11(2)19-20(16)4/h6-7,9-10,12,18H,5,8H2,1-4H3. The van der Waals surface area contributed by atoms with Crippen LogP contribution in [-0.2, 0) is 7.05 Å². The fourth-order valence-corrected chi connectivity index (χ4v) is 3.37. The van der Waals surface area contributed by atoms with Crippen molar-refractivity contribution >= 4 is 23.4 Å². The summed E-state index contributed by atoms with van der Waals surface area (Å²) in [6.45, 7) is 7.35. The number of nitrogens with one attached hydrogen (secondary N) is 1. The summed E-state index contributed by atoms with van der Waals surface area (Å²) in [6, 6.07) is 8.68. The fourth-order valence-electron chi connectivity index (χ4n) is 2.14. The Morgan fingerprint density at radius 2 is 2.14 bits per heavy atom. The van der Waals surface area contributed by atoms with Crippen molar-refractivity contribution in [2.75, 3.05) is 6.54 Å². The van der Waals surface area contributed by atoms with Crippen molar-refractivity contribution in [2.45, 2.75) is 43.2 Å². The number of hydrogen-bond donors (Lipinski definition) is 1. The molecule has 21 heavy (non-hydrogen) atoms. The molecular weight excluding hydrogens is 302 g/mol. The Morgan fingerprint density at radius 3 is 2.71 bits per heavy atom. The van der Waals surface area contributed by atoms with Gasteiger partial charge < -0.3 is 5.32 Å². The molecule has 0 amide bonds. The molecule has 0 fully saturated rings. The molecule has 0 saturated heterocycles. The smallest absolute Gasteiger partial charge is 0.0987 e. The molecule has 5 heteroatoms. The van der Waals surface area contributed by atoms with E-state index in [-0.39, 0.29) is 0 Å². The fraction of sp³-hybridized carbons (Fsp3) is 0.438. The number of aromatic nitrogens is 2. The summed E-state index contributed by atoms with van der Waals surface area (Å²) >= 11 is 8.09. The maximum atomic E-state index is 6.44. The van der Waals surface area contributed by atoms with Crippen LogP contribution in [0.1, 0.15) is 37.6 Å². The summed E-state index contributed by atoms with van der Waals surface area (Å²) in [6.07, 6.45) is 1.13. The van der Waals surface area contributed by atoms with Crippen molar-refractivity contribution in [3.05, 3.63) is 40.5 Å². The van der Waals surface area contributed by atoms with Gasteiger partial charge in [0.25, 0.3) is 0 Å². The maximum Gasteiger partial charge on any atom is 0.0987 e. The molecule has 0 bridgehead atoms. The molecule has 1 heterocycles. The summed E-state index contributed by atoms with van der Waals surface area (Å²) in [7, 11) is 1.95. The second-order valence-electron chi connectivity index (χ2n) is 5.22. The molecule has 1 aromatic carbocycles. The summed E-state index contributed by atoms with van der Waals surface area (Å²) in [4.78, 5) is 1.06. The first-order valence-corrected chi connectivity index (χ1v) is 8.42. The summed E-state index contributed by atoms with van der Waals surface area (Å²) < 4.78 is 1.88. The van der Waals surface area contributed by atoms with E-state index in [1.54, 1.807) is 11.8 Å². The average Bonchev–Trinajstić information content (AvgIpc) is 2.76. The highest BCUT2D eigenvalue weighted by molar-refractivity contribution is 7.99. The molecule has 1 unspecified atom stereocenters. The highest BCUT2D eigenvalue weighted by Crippen LogP contribution is 2.34. The Morgan fingerprint density at radius 1 is 1.38 bits per heavy atom. The van der Waals surface area contributed by atoms with E-state index in [9.17, 15) is 0 Å². The average molecular weight is 324 g/mol. The van der Waals surface area contributed by atoms with E-state index in [4.69, 9.17) is 11.6 Å². The van der Waals surface area contributed by atoms with Gasteiger partial charge in [-0.2, -0.15) is 5.10 Å². The molecule has 0 aliphatic heterocycles. The van der Waals surface area contributed by atoms with Crippen LogP contribution in [0.5, 0.6) is 0 Å². The lowest BCUT2D eigenvalue weighted by Crippen LogP contribution is -2.19. The van der Waals surface area contributed by atoms with Gasteiger partial charge in [0.15, 0.2) is 0 Å². The second kappa shape index (κ2) is 7.34. The van der Waals surface area contributed by atoms with Gasteiger partial charge in [0, 0.05) is 18.0 Å². The lowest BCUT2D eigenvalue weighted by molar-refractivity contribution is 0.570. The predicted octanol–water partition coefficient (Wildman–Crippen LogP) is 4.59. The van der Waals surface area contributed by atoms with E-state index in [1.807, 2.05) is 18.7 Å². The first-order chi connectivity index (χ1) is 10.0. The summed E-state index contributed by atoms with van der Waals surface area (Å²) in [5.74, 6) is 0. The van der Waals surface area contributed by atoms with Gasteiger partial charge in [-0.05, 0) is 50.6 Å². The zero-order chi connectivity index (χ0) is 15.4. The van der Waals surface area contributed by atoms with Crippen LogP contribution in [0.2, 0.25) is 5.02 Å². The van der Waals surface area contributed by atoms with Gasteiger partial charge >= 0.3 is 0 Å². The predicted molar refractivity (Wildman–Crippen MR) is 90.2 cm³/mol. The second-order valence-corrected chi connectivity index (χ2v) is 6.68. The van der Waals surface area contributed by atoms with Crippen LogP contribution in [0.3, 0.4) is 0 Å². The molecule has 0 aliphatic carbocycles. The van der Waals surface area contributed by atoms with E-state index >= 15 is 0 Å². The molecule has 1 N–H and O–H groups in total. The first kappa shape index (κ1) is 16.4. The number of halogens is 1. The third-order valence-corrected chi connectivity index (χ3v) is 4.92. The SMILES string of the molecule is CCCNC(C)c1ccc(Sc2cc(C)nn2C)c(Cl)c1. The van der Waals surface area contributed by atoms with Crippen LogP contribution in [-0.4, -0.2) is 16.3 Å². The topological polar surface area (TPSA) is 29.9 Å². The van der Waals surface area contributed by atoms with Gasteiger partial charge in [-0.3, -0.25) is 4.68 Å². The highest BCUT2D eigenvalue weighted by atomic mass is 35.5. The Labute approximate surface area is 136 Å². The molecular formula is C16H22ClN3S. The Kier molecular flexibility index (Phi) is 5.73. The van der Waals surface area contributed by atoms with Crippen LogP contribution >= 0.6 is 23.4 Å². The van der Waals surface area contributed by atoms with Crippen molar-refractivity contribution in [2.24, 2.45) is 7.05 Å².